The zero-order chi connectivity index (χ0) is 18.1. The molecule has 0 radical (unpaired) electrons. The van der Waals surface area contributed by atoms with Gasteiger partial charge in [0, 0.05) is 38.3 Å². The van der Waals surface area contributed by atoms with Crippen LogP contribution in [0.5, 0.6) is 5.75 Å². The first-order valence-corrected chi connectivity index (χ1v) is 8.29. The van der Waals surface area contributed by atoms with Crippen molar-refractivity contribution in [1.29, 1.82) is 0 Å². The van der Waals surface area contributed by atoms with Gasteiger partial charge in [-0.05, 0) is 25.0 Å². The highest BCUT2D eigenvalue weighted by Crippen LogP contribution is 2.31. The maximum Gasteiger partial charge on any atom is 0.191 e. The van der Waals surface area contributed by atoms with Crippen LogP contribution in [0.25, 0.3) is 0 Å². The lowest BCUT2D eigenvalue weighted by Gasteiger charge is -2.27. The molecule has 1 aliphatic heterocycles. The summed E-state index contributed by atoms with van der Waals surface area (Å²) in [6, 6.07) is 3.42. The zero-order valence-electron chi connectivity index (χ0n) is 14.4. The molecule has 1 unspecified atom stereocenters. The van der Waals surface area contributed by atoms with Crippen molar-refractivity contribution in [2.24, 2.45) is 10.4 Å². The topological polar surface area (TPSA) is 75.1 Å². The molecule has 0 aromatic heterocycles. The highest BCUT2D eigenvalue weighted by Gasteiger charge is 2.34. The maximum atomic E-state index is 13.1. The highest BCUT2D eigenvalue weighted by molar-refractivity contribution is 5.79. The molecular weight excluding hydrogens is 332 g/mol. The Morgan fingerprint density at radius 2 is 2.20 bits per heavy atom. The molecule has 1 saturated heterocycles. The van der Waals surface area contributed by atoms with E-state index in [0.717, 1.165) is 18.6 Å². The molecule has 1 aromatic carbocycles. The molecule has 0 amide bonds. The standard InChI is InChI=1S/C17H25F2N3O3/c1-20-16(22-11-17(4-7-23)5-8-24-12-17)21-6-9-25-13-2-3-14(18)15(19)10-13/h2-3,10,23H,4-9,11-12H2,1H3,(H2,20,21,22). The van der Waals surface area contributed by atoms with E-state index in [1.54, 1.807) is 7.05 Å². The number of nitrogens with one attached hydrogen (secondary N) is 2. The summed E-state index contributed by atoms with van der Waals surface area (Å²) in [5.41, 5.74) is -0.0749. The Morgan fingerprint density at radius 3 is 2.84 bits per heavy atom. The Hall–Kier alpha value is -1.93. The van der Waals surface area contributed by atoms with Crippen molar-refractivity contribution < 1.29 is 23.4 Å². The van der Waals surface area contributed by atoms with E-state index in [1.165, 1.54) is 6.07 Å². The van der Waals surface area contributed by atoms with Crippen LogP contribution < -0.4 is 15.4 Å². The molecule has 8 heteroatoms. The third-order valence-corrected chi connectivity index (χ3v) is 4.24. The van der Waals surface area contributed by atoms with Crippen LogP contribution in [0.15, 0.2) is 23.2 Å². The Kier molecular flexibility index (Phi) is 7.39. The fraction of sp³-hybridized carbons (Fsp3) is 0.588. The van der Waals surface area contributed by atoms with Gasteiger partial charge < -0.3 is 25.2 Å². The summed E-state index contributed by atoms with van der Waals surface area (Å²) in [5.74, 6) is -0.953. The molecule has 0 bridgehead atoms. The molecule has 1 aromatic rings. The monoisotopic (exact) mass is 357 g/mol. The first-order chi connectivity index (χ1) is 12.1. The van der Waals surface area contributed by atoms with Crippen molar-refractivity contribution in [1.82, 2.24) is 10.6 Å². The minimum atomic E-state index is -0.934. The number of nitrogens with zero attached hydrogens (tertiary/aromatic N) is 1. The van der Waals surface area contributed by atoms with Crippen LogP contribution in [-0.4, -0.2) is 57.6 Å². The molecule has 1 heterocycles. The molecule has 1 aliphatic rings. The van der Waals surface area contributed by atoms with Gasteiger partial charge in [-0.25, -0.2) is 8.78 Å². The normalized spacial score (nSPS) is 20.6. The van der Waals surface area contributed by atoms with Crippen molar-refractivity contribution in [3.05, 3.63) is 29.8 Å². The summed E-state index contributed by atoms with van der Waals surface area (Å²) in [6.45, 7) is 2.82. The van der Waals surface area contributed by atoms with Gasteiger partial charge in [0.1, 0.15) is 12.4 Å². The average Bonchev–Trinajstić information content (AvgIpc) is 3.06. The van der Waals surface area contributed by atoms with Gasteiger partial charge in [0.2, 0.25) is 0 Å². The summed E-state index contributed by atoms with van der Waals surface area (Å²) < 4.78 is 36.8. The second kappa shape index (κ2) is 9.53. The van der Waals surface area contributed by atoms with E-state index in [4.69, 9.17) is 9.47 Å². The van der Waals surface area contributed by atoms with Crippen molar-refractivity contribution in [3.63, 3.8) is 0 Å². The number of guanidine groups is 1. The Balaban J connectivity index is 1.72. The fourth-order valence-electron chi connectivity index (χ4n) is 2.71. The lowest BCUT2D eigenvalue weighted by molar-refractivity contribution is 0.127. The first-order valence-electron chi connectivity index (χ1n) is 8.29. The van der Waals surface area contributed by atoms with Gasteiger partial charge in [0.25, 0.3) is 0 Å². The largest absolute Gasteiger partial charge is 0.492 e. The van der Waals surface area contributed by atoms with Crippen LogP contribution in [-0.2, 0) is 4.74 Å². The van der Waals surface area contributed by atoms with Gasteiger partial charge in [-0.1, -0.05) is 0 Å². The highest BCUT2D eigenvalue weighted by atomic mass is 19.2. The lowest BCUT2D eigenvalue weighted by atomic mass is 9.84. The predicted octanol–water partition coefficient (Wildman–Crippen LogP) is 1.30. The van der Waals surface area contributed by atoms with Crippen LogP contribution in [0.2, 0.25) is 0 Å². The molecule has 140 valence electrons. The van der Waals surface area contributed by atoms with E-state index in [2.05, 4.69) is 15.6 Å². The van der Waals surface area contributed by atoms with E-state index in [9.17, 15) is 13.9 Å². The number of aliphatic imine (C=N–C) groups is 1. The van der Waals surface area contributed by atoms with Gasteiger partial charge >= 0.3 is 0 Å². The molecule has 6 nitrogen and oxygen atoms in total. The minimum absolute atomic E-state index is 0.0749. The minimum Gasteiger partial charge on any atom is -0.492 e. The van der Waals surface area contributed by atoms with E-state index in [1.807, 2.05) is 0 Å². The average molecular weight is 357 g/mol. The zero-order valence-corrected chi connectivity index (χ0v) is 14.4. The predicted molar refractivity (Wildman–Crippen MR) is 90.8 cm³/mol. The summed E-state index contributed by atoms with van der Waals surface area (Å²) in [4.78, 5) is 4.14. The second-order valence-corrected chi connectivity index (χ2v) is 6.05. The van der Waals surface area contributed by atoms with Crippen LogP contribution in [0, 0.1) is 17.0 Å². The van der Waals surface area contributed by atoms with Gasteiger partial charge in [-0.3, -0.25) is 4.99 Å². The maximum absolute atomic E-state index is 13.1. The number of hydrogen-bond donors (Lipinski definition) is 3. The van der Waals surface area contributed by atoms with E-state index in [-0.39, 0.29) is 24.4 Å². The van der Waals surface area contributed by atoms with Crippen molar-refractivity contribution in [2.45, 2.75) is 12.8 Å². The number of halogens is 2. The first kappa shape index (κ1) is 19.4. The molecule has 0 aliphatic carbocycles. The number of aliphatic hydroxyl groups excluding tert-OH is 1. The lowest BCUT2D eigenvalue weighted by Crippen LogP contribution is -2.45. The number of benzene rings is 1. The van der Waals surface area contributed by atoms with Gasteiger partial charge in [-0.15, -0.1) is 0 Å². The van der Waals surface area contributed by atoms with Gasteiger partial charge in [0.05, 0.1) is 13.2 Å². The van der Waals surface area contributed by atoms with E-state index in [0.29, 0.717) is 38.7 Å². The Labute approximate surface area is 146 Å². The molecule has 1 fully saturated rings. The molecule has 1 atom stereocenters. The molecule has 0 spiro atoms. The van der Waals surface area contributed by atoms with Crippen molar-refractivity contribution in [2.75, 3.05) is 46.6 Å². The van der Waals surface area contributed by atoms with Gasteiger partial charge in [-0.2, -0.15) is 0 Å². The summed E-state index contributed by atoms with van der Waals surface area (Å²) in [6.07, 6.45) is 1.58. The number of aliphatic hydroxyl groups is 1. The molecule has 2 rings (SSSR count). The third-order valence-electron chi connectivity index (χ3n) is 4.24. The van der Waals surface area contributed by atoms with Crippen LogP contribution >= 0.6 is 0 Å². The Morgan fingerprint density at radius 1 is 1.36 bits per heavy atom. The summed E-state index contributed by atoms with van der Waals surface area (Å²) in [7, 11) is 1.66. The smallest absolute Gasteiger partial charge is 0.191 e. The van der Waals surface area contributed by atoms with Crippen LogP contribution in [0.1, 0.15) is 12.8 Å². The van der Waals surface area contributed by atoms with Crippen LogP contribution in [0.3, 0.4) is 0 Å². The third kappa shape index (κ3) is 5.82. The van der Waals surface area contributed by atoms with E-state index < -0.39 is 11.6 Å². The second-order valence-electron chi connectivity index (χ2n) is 6.05. The van der Waals surface area contributed by atoms with E-state index >= 15 is 0 Å². The Bertz CT molecular complexity index is 578. The van der Waals surface area contributed by atoms with Crippen molar-refractivity contribution >= 4 is 5.96 Å². The SMILES string of the molecule is CN=C(NCCOc1ccc(F)c(F)c1)NCC1(CCO)CCOC1. The molecule has 3 N–H and O–H groups in total. The van der Waals surface area contributed by atoms with Crippen LogP contribution in [0.4, 0.5) is 8.78 Å². The number of hydrogen-bond acceptors (Lipinski definition) is 4. The van der Waals surface area contributed by atoms with Gasteiger partial charge in [0.15, 0.2) is 17.6 Å². The summed E-state index contributed by atoms with van der Waals surface area (Å²) >= 11 is 0. The number of rotatable bonds is 8. The quantitative estimate of drug-likeness (QED) is 0.371. The molecular formula is C17H25F2N3O3. The molecule has 25 heavy (non-hydrogen) atoms. The number of ether oxygens (including phenoxy) is 2. The summed E-state index contributed by atoms with van der Waals surface area (Å²) in [5, 5.41) is 15.6. The fourth-order valence-corrected chi connectivity index (χ4v) is 2.71. The van der Waals surface area contributed by atoms with Crippen molar-refractivity contribution in [3.8, 4) is 5.75 Å². The molecule has 0 saturated carbocycles.